The topological polar surface area (TPSA) is 74.0 Å². The molecule has 8 heteroatoms. The summed E-state index contributed by atoms with van der Waals surface area (Å²) in [5.74, 6) is 0.370. The van der Waals surface area contributed by atoms with E-state index in [4.69, 9.17) is 4.74 Å². The van der Waals surface area contributed by atoms with Crippen molar-refractivity contribution in [1.82, 2.24) is 24.6 Å². The average molecular weight is 397 g/mol. The van der Waals surface area contributed by atoms with Crippen molar-refractivity contribution in [2.45, 2.75) is 31.9 Å². The summed E-state index contributed by atoms with van der Waals surface area (Å²) in [7, 11) is 1.90. The molecule has 0 spiro atoms. The minimum Gasteiger partial charge on any atom is -0.368 e. The largest absolute Gasteiger partial charge is 0.368 e. The number of nitrogens with zero attached hydrogens (tertiary/aromatic N) is 4. The van der Waals surface area contributed by atoms with E-state index in [1.54, 1.807) is 23.0 Å². The second-order valence-corrected chi connectivity index (χ2v) is 7.17. The van der Waals surface area contributed by atoms with E-state index < -0.39 is 0 Å². The Morgan fingerprint density at radius 3 is 2.83 bits per heavy atom. The van der Waals surface area contributed by atoms with E-state index in [0.29, 0.717) is 25.4 Å². The summed E-state index contributed by atoms with van der Waals surface area (Å²) >= 11 is 0. The van der Waals surface area contributed by atoms with Gasteiger partial charge in [0.15, 0.2) is 5.82 Å². The SMILES string of the molecule is Cn1ccnc1-c1nn(CCNC(=O)[C@@H]2CCCCO2)cc1-c1ccc(F)cc1. The fourth-order valence-electron chi connectivity index (χ4n) is 3.49. The number of rotatable bonds is 6. The van der Waals surface area contributed by atoms with Crippen LogP contribution in [0, 0.1) is 5.82 Å². The molecule has 1 amide bonds. The van der Waals surface area contributed by atoms with Crippen molar-refractivity contribution < 1.29 is 13.9 Å². The van der Waals surface area contributed by atoms with Crippen LogP contribution < -0.4 is 5.32 Å². The Morgan fingerprint density at radius 2 is 2.14 bits per heavy atom. The van der Waals surface area contributed by atoms with Crippen LogP contribution >= 0.6 is 0 Å². The predicted molar refractivity (Wildman–Crippen MR) is 106 cm³/mol. The Morgan fingerprint density at radius 1 is 1.31 bits per heavy atom. The summed E-state index contributed by atoms with van der Waals surface area (Å²) in [5, 5.41) is 7.61. The minimum absolute atomic E-state index is 0.0695. The molecule has 0 unspecified atom stereocenters. The van der Waals surface area contributed by atoms with Gasteiger partial charge in [0.05, 0.1) is 6.54 Å². The van der Waals surface area contributed by atoms with Crippen LogP contribution in [-0.4, -0.2) is 44.5 Å². The van der Waals surface area contributed by atoms with Gasteiger partial charge < -0.3 is 14.6 Å². The standard InChI is InChI=1S/C21H24FN5O2/c1-26-11-9-23-20(26)19-17(15-5-7-16(22)8-6-15)14-27(25-19)12-10-24-21(28)18-4-2-3-13-29-18/h5-9,11,14,18H,2-4,10,12-13H2,1H3,(H,24,28)/t18-/m0/s1. The number of aromatic nitrogens is 4. The molecule has 1 aliphatic heterocycles. The van der Waals surface area contributed by atoms with Crippen molar-refractivity contribution in [3.05, 3.63) is 48.7 Å². The van der Waals surface area contributed by atoms with Gasteiger partial charge >= 0.3 is 0 Å². The Hall–Kier alpha value is -3.00. The lowest BCUT2D eigenvalue weighted by Crippen LogP contribution is -2.39. The molecule has 1 N–H and O–H groups in total. The number of amides is 1. The van der Waals surface area contributed by atoms with Crippen molar-refractivity contribution in [3.63, 3.8) is 0 Å². The third-order valence-electron chi connectivity index (χ3n) is 5.06. The highest BCUT2D eigenvalue weighted by atomic mass is 19.1. The summed E-state index contributed by atoms with van der Waals surface area (Å²) in [6.45, 7) is 1.60. The van der Waals surface area contributed by atoms with Gasteiger partial charge in [-0.25, -0.2) is 9.37 Å². The lowest BCUT2D eigenvalue weighted by atomic mass is 10.1. The molecule has 3 heterocycles. The highest BCUT2D eigenvalue weighted by Gasteiger charge is 2.21. The first-order valence-electron chi connectivity index (χ1n) is 9.82. The highest BCUT2D eigenvalue weighted by molar-refractivity contribution is 5.80. The molecule has 1 aliphatic rings. The number of carbonyl (C=O) groups is 1. The molecular weight excluding hydrogens is 373 g/mol. The number of benzene rings is 1. The smallest absolute Gasteiger partial charge is 0.249 e. The molecular formula is C21H24FN5O2. The molecule has 0 aliphatic carbocycles. The molecule has 7 nitrogen and oxygen atoms in total. The number of hydrogen-bond donors (Lipinski definition) is 1. The molecule has 1 fully saturated rings. The lowest BCUT2D eigenvalue weighted by Gasteiger charge is -2.21. The molecule has 1 saturated heterocycles. The van der Waals surface area contributed by atoms with Gasteiger partial charge in [0.2, 0.25) is 5.91 Å². The number of aryl methyl sites for hydroxylation is 1. The second-order valence-electron chi connectivity index (χ2n) is 7.17. The van der Waals surface area contributed by atoms with Crippen LogP contribution in [0.15, 0.2) is 42.9 Å². The third kappa shape index (κ3) is 4.37. The molecule has 3 aromatic rings. The van der Waals surface area contributed by atoms with Gasteiger partial charge in [0.1, 0.15) is 17.6 Å². The Labute approximate surface area is 168 Å². The van der Waals surface area contributed by atoms with Crippen LogP contribution in [0.25, 0.3) is 22.6 Å². The summed E-state index contributed by atoms with van der Waals surface area (Å²) < 4.78 is 22.5. The highest BCUT2D eigenvalue weighted by Crippen LogP contribution is 2.30. The number of imidazole rings is 1. The molecule has 0 saturated carbocycles. The summed E-state index contributed by atoms with van der Waals surface area (Å²) in [4.78, 5) is 16.6. The molecule has 0 bridgehead atoms. The van der Waals surface area contributed by atoms with E-state index in [0.717, 1.165) is 36.2 Å². The first kappa shape index (κ1) is 19.3. The maximum absolute atomic E-state index is 13.4. The van der Waals surface area contributed by atoms with Gasteiger partial charge in [-0.1, -0.05) is 12.1 Å². The molecule has 152 valence electrons. The zero-order valence-corrected chi connectivity index (χ0v) is 16.3. The molecule has 1 aromatic carbocycles. The van der Waals surface area contributed by atoms with E-state index in [1.807, 2.05) is 24.0 Å². The lowest BCUT2D eigenvalue weighted by molar-refractivity contribution is -0.135. The minimum atomic E-state index is -0.348. The molecule has 4 rings (SSSR count). The Kier molecular flexibility index (Phi) is 5.71. The maximum atomic E-state index is 13.4. The molecule has 0 radical (unpaired) electrons. The summed E-state index contributed by atoms with van der Waals surface area (Å²) in [6.07, 6.45) is 7.93. The second kappa shape index (κ2) is 8.57. The monoisotopic (exact) mass is 397 g/mol. The first-order valence-corrected chi connectivity index (χ1v) is 9.82. The van der Waals surface area contributed by atoms with E-state index in [1.165, 1.54) is 12.1 Å². The van der Waals surface area contributed by atoms with Gasteiger partial charge in [-0.3, -0.25) is 9.48 Å². The molecule has 29 heavy (non-hydrogen) atoms. The van der Waals surface area contributed by atoms with E-state index in [-0.39, 0.29) is 17.8 Å². The van der Waals surface area contributed by atoms with E-state index in [2.05, 4.69) is 15.4 Å². The number of ether oxygens (including phenoxy) is 1. The van der Waals surface area contributed by atoms with Gasteiger partial charge in [0, 0.05) is 44.4 Å². The van der Waals surface area contributed by atoms with Crippen molar-refractivity contribution in [3.8, 4) is 22.6 Å². The van der Waals surface area contributed by atoms with Gasteiger partial charge in [-0.15, -0.1) is 0 Å². The Bertz CT molecular complexity index is 973. The van der Waals surface area contributed by atoms with Crippen molar-refractivity contribution in [1.29, 1.82) is 0 Å². The van der Waals surface area contributed by atoms with E-state index in [9.17, 15) is 9.18 Å². The number of halogens is 1. The van der Waals surface area contributed by atoms with Crippen molar-refractivity contribution >= 4 is 5.91 Å². The first-order chi connectivity index (χ1) is 14.1. The summed E-state index contributed by atoms with van der Waals surface area (Å²) in [5.41, 5.74) is 2.43. The summed E-state index contributed by atoms with van der Waals surface area (Å²) in [6, 6.07) is 6.31. The van der Waals surface area contributed by atoms with Crippen LogP contribution in [0.5, 0.6) is 0 Å². The number of nitrogens with one attached hydrogen (secondary N) is 1. The van der Waals surface area contributed by atoms with Crippen LogP contribution in [0.2, 0.25) is 0 Å². The van der Waals surface area contributed by atoms with E-state index >= 15 is 0 Å². The van der Waals surface area contributed by atoms with Gasteiger partial charge in [-0.05, 0) is 37.0 Å². The fourth-order valence-corrected chi connectivity index (χ4v) is 3.49. The quantitative estimate of drug-likeness (QED) is 0.694. The van der Waals surface area contributed by atoms with Crippen LogP contribution in [0.4, 0.5) is 4.39 Å². The zero-order valence-electron chi connectivity index (χ0n) is 16.3. The third-order valence-corrected chi connectivity index (χ3v) is 5.06. The molecule has 1 atom stereocenters. The normalized spacial score (nSPS) is 16.7. The maximum Gasteiger partial charge on any atom is 0.249 e. The number of carbonyl (C=O) groups excluding carboxylic acids is 1. The average Bonchev–Trinajstić information content (AvgIpc) is 3.35. The number of hydrogen-bond acceptors (Lipinski definition) is 4. The predicted octanol–water partition coefficient (Wildman–Crippen LogP) is 2.78. The van der Waals surface area contributed by atoms with Crippen LogP contribution in [0.3, 0.4) is 0 Å². The van der Waals surface area contributed by atoms with Crippen molar-refractivity contribution in [2.75, 3.05) is 13.2 Å². The van der Waals surface area contributed by atoms with Crippen molar-refractivity contribution in [2.24, 2.45) is 7.05 Å². The van der Waals surface area contributed by atoms with Crippen LogP contribution in [-0.2, 0) is 23.1 Å². The Balaban J connectivity index is 1.51. The van der Waals surface area contributed by atoms with Gasteiger partial charge in [0.25, 0.3) is 0 Å². The fraction of sp³-hybridized carbons (Fsp3) is 0.381. The van der Waals surface area contributed by atoms with Gasteiger partial charge in [-0.2, -0.15) is 5.10 Å². The van der Waals surface area contributed by atoms with Crippen LogP contribution in [0.1, 0.15) is 19.3 Å². The zero-order chi connectivity index (χ0) is 20.2. The molecule has 2 aromatic heterocycles.